The fourth-order valence-electron chi connectivity index (χ4n) is 8.43. The van der Waals surface area contributed by atoms with Gasteiger partial charge >= 0.3 is 5.97 Å². The molecule has 2 aliphatic heterocycles. The first-order valence-corrected chi connectivity index (χ1v) is 17.3. The smallest absolute Gasteiger partial charge is 0.302 e. The Balaban J connectivity index is 1.34. The second-order valence-corrected chi connectivity index (χ2v) is 13.8. The average molecular weight is 684 g/mol. The van der Waals surface area contributed by atoms with Crippen LogP contribution in [0.2, 0.25) is 0 Å². The Kier molecular flexibility index (Phi) is 9.38. The second kappa shape index (κ2) is 13.9. The minimum Gasteiger partial charge on any atom is -0.508 e. The van der Waals surface area contributed by atoms with Crippen molar-refractivity contribution in [3.63, 3.8) is 0 Å². The van der Waals surface area contributed by atoms with Crippen molar-refractivity contribution in [2.45, 2.75) is 62.6 Å². The predicted octanol–water partition coefficient (Wildman–Crippen LogP) is 4.78. The molecule has 5 unspecified atom stereocenters. The van der Waals surface area contributed by atoms with Gasteiger partial charge in [0.05, 0.1) is 12.1 Å². The molecule has 0 amide bonds. The number of phenolic OH excluding ortho intramolecular Hbond substituents is 2. The van der Waals surface area contributed by atoms with Gasteiger partial charge in [-0.2, -0.15) is 0 Å². The van der Waals surface area contributed by atoms with Crippen molar-refractivity contribution in [1.29, 1.82) is 0 Å². The quantitative estimate of drug-likeness (QED) is 0.0936. The van der Waals surface area contributed by atoms with E-state index in [9.17, 15) is 20.1 Å². The number of aliphatic hydroxyl groups is 1. The molecule has 1 fully saturated rings. The molecule has 0 aromatic heterocycles. The summed E-state index contributed by atoms with van der Waals surface area (Å²) in [7, 11) is 1.83. The van der Waals surface area contributed by atoms with Gasteiger partial charge in [-0.15, -0.1) is 0 Å². The molecule has 1 spiro atoms. The lowest BCUT2D eigenvalue weighted by atomic mass is 9.65. The number of carbonyl (C=O) groups excluding carboxylic acids is 1. The summed E-state index contributed by atoms with van der Waals surface area (Å²) in [6.45, 7) is 1.95. The minimum atomic E-state index is -0.535. The molecule has 5 atom stereocenters. The summed E-state index contributed by atoms with van der Waals surface area (Å²) >= 11 is 0. The van der Waals surface area contributed by atoms with Crippen molar-refractivity contribution in [3.8, 4) is 39.9 Å². The molecule has 7 N–H and O–H groups in total. The molecule has 50 heavy (non-hydrogen) atoms. The number of fused-ring (bicyclic) bond motifs is 6. The van der Waals surface area contributed by atoms with Crippen LogP contribution in [0, 0.1) is 5.92 Å². The number of aromatic hydroxyl groups is 2. The Hall–Kier alpha value is -4.71. The van der Waals surface area contributed by atoms with E-state index >= 15 is 0 Å². The number of hydrogen-bond donors (Lipinski definition) is 6. The average Bonchev–Trinajstić information content (AvgIpc) is 3.66. The Bertz CT molecular complexity index is 1840. The third-order valence-corrected chi connectivity index (χ3v) is 10.5. The van der Waals surface area contributed by atoms with Gasteiger partial charge in [0.1, 0.15) is 36.6 Å². The van der Waals surface area contributed by atoms with Crippen LogP contribution in [0.3, 0.4) is 0 Å². The van der Waals surface area contributed by atoms with Gasteiger partial charge in [-0.25, -0.2) is 0 Å². The van der Waals surface area contributed by atoms with Gasteiger partial charge in [-0.3, -0.25) is 4.79 Å². The van der Waals surface area contributed by atoms with E-state index in [2.05, 4.69) is 22.8 Å². The van der Waals surface area contributed by atoms with Crippen molar-refractivity contribution >= 4 is 5.97 Å². The highest BCUT2D eigenvalue weighted by Crippen LogP contribution is 2.62. The fraction of sp³-hybridized carbons (Fsp3) is 0.410. The maximum atomic E-state index is 12.1. The molecule has 7 rings (SSSR count). The zero-order valence-electron chi connectivity index (χ0n) is 28.4. The molecule has 4 aliphatic rings. The Labute approximate surface area is 291 Å². The molecule has 0 saturated heterocycles. The van der Waals surface area contributed by atoms with Crippen LogP contribution in [0.4, 0.5) is 0 Å². The number of allylic oxidation sites excluding steroid dienone is 2. The Morgan fingerprint density at radius 3 is 2.76 bits per heavy atom. The third kappa shape index (κ3) is 6.36. The van der Waals surface area contributed by atoms with Gasteiger partial charge in [0.15, 0.2) is 18.3 Å². The molecule has 11 nitrogen and oxygen atoms in total. The Morgan fingerprint density at radius 1 is 1.14 bits per heavy atom. The zero-order chi connectivity index (χ0) is 35.0. The zero-order valence-corrected chi connectivity index (χ0v) is 28.4. The lowest BCUT2D eigenvalue weighted by Gasteiger charge is -2.39. The summed E-state index contributed by atoms with van der Waals surface area (Å²) in [6.07, 6.45) is 9.73. The van der Waals surface area contributed by atoms with Crippen LogP contribution in [-0.4, -0.2) is 61.1 Å². The standard InChI is InChI=1S/C39H45N3O8/c1-22(44)48-20-30-28-5-6-29-35-26(14-27(45)16-33(35)49-21-43)18-39(10-9-23(17-39)13-24-3-8-34(40)42-19-24)36(29)38(28)50-37(30)25-4-7-31(46)32(15-25)47-12-11-41-2/h3-8,14-16,19,23,30,34,37,41-43,45-46H,9-13,17-18,20-21,40H2,1-2H3. The number of nitrogens with one attached hydrogen (secondary N) is 2. The largest absolute Gasteiger partial charge is 0.508 e. The fourth-order valence-corrected chi connectivity index (χ4v) is 8.43. The Morgan fingerprint density at radius 2 is 2.00 bits per heavy atom. The highest BCUT2D eigenvalue weighted by Gasteiger charge is 2.50. The van der Waals surface area contributed by atoms with E-state index in [-0.39, 0.29) is 41.6 Å². The molecule has 3 aromatic rings. The summed E-state index contributed by atoms with van der Waals surface area (Å²) in [4.78, 5) is 12.1. The van der Waals surface area contributed by atoms with E-state index < -0.39 is 12.9 Å². The molecule has 11 heteroatoms. The molecule has 0 radical (unpaired) electrons. The van der Waals surface area contributed by atoms with Crippen LogP contribution in [0.1, 0.15) is 66.9 Å². The summed E-state index contributed by atoms with van der Waals surface area (Å²) in [6, 6.07) is 12.7. The topological polar surface area (TPSA) is 165 Å². The van der Waals surface area contributed by atoms with Crippen molar-refractivity contribution in [2.75, 3.05) is 33.6 Å². The normalized spacial score (nSPS) is 24.4. The van der Waals surface area contributed by atoms with Crippen molar-refractivity contribution in [2.24, 2.45) is 11.7 Å². The number of benzene rings is 3. The van der Waals surface area contributed by atoms with E-state index in [1.165, 1.54) is 12.5 Å². The lowest BCUT2D eigenvalue weighted by Crippen LogP contribution is -2.33. The van der Waals surface area contributed by atoms with E-state index in [4.69, 9.17) is 24.7 Å². The highest BCUT2D eigenvalue weighted by molar-refractivity contribution is 5.84. The summed E-state index contributed by atoms with van der Waals surface area (Å²) in [5, 5.41) is 37.4. The monoisotopic (exact) mass is 683 g/mol. The first-order chi connectivity index (χ1) is 24.2. The van der Waals surface area contributed by atoms with E-state index in [0.29, 0.717) is 37.0 Å². The molecule has 264 valence electrons. The van der Waals surface area contributed by atoms with Crippen LogP contribution < -0.4 is 30.6 Å². The molecular formula is C39H45N3O8. The molecule has 3 aromatic carbocycles. The highest BCUT2D eigenvalue weighted by atomic mass is 16.6. The van der Waals surface area contributed by atoms with Crippen LogP contribution in [-0.2, 0) is 21.4 Å². The number of nitrogens with two attached hydrogens (primary N) is 1. The summed E-state index contributed by atoms with van der Waals surface area (Å²) < 4.78 is 24.3. The number of rotatable bonds is 11. The van der Waals surface area contributed by atoms with Crippen LogP contribution in [0.15, 0.2) is 66.4 Å². The number of carbonyl (C=O) groups is 1. The maximum absolute atomic E-state index is 12.1. The van der Waals surface area contributed by atoms with Gasteiger partial charge in [0.25, 0.3) is 0 Å². The number of likely N-dealkylation sites (N-methyl/N-ethyl adjacent to an activating group) is 1. The van der Waals surface area contributed by atoms with E-state index in [1.54, 1.807) is 18.2 Å². The number of ether oxygens (including phenoxy) is 4. The summed E-state index contributed by atoms with van der Waals surface area (Å²) in [5.74, 6) is 1.30. The van der Waals surface area contributed by atoms with Crippen molar-refractivity contribution in [1.82, 2.24) is 10.6 Å². The maximum Gasteiger partial charge on any atom is 0.302 e. The predicted molar refractivity (Wildman–Crippen MR) is 187 cm³/mol. The lowest BCUT2D eigenvalue weighted by molar-refractivity contribution is -0.141. The second-order valence-electron chi connectivity index (χ2n) is 13.8. The van der Waals surface area contributed by atoms with Crippen LogP contribution in [0.25, 0.3) is 11.1 Å². The first-order valence-electron chi connectivity index (χ1n) is 17.3. The minimum absolute atomic E-state index is 0.0293. The molecular weight excluding hydrogens is 638 g/mol. The van der Waals surface area contributed by atoms with E-state index in [0.717, 1.165) is 64.8 Å². The van der Waals surface area contributed by atoms with Crippen LogP contribution >= 0.6 is 0 Å². The van der Waals surface area contributed by atoms with Crippen molar-refractivity contribution < 1.29 is 39.1 Å². The van der Waals surface area contributed by atoms with Gasteiger partial charge < -0.3 is 50.6 Å². The van der Waals surface area contributed by atoms with Gasteiger partial charge in [-0.1, -0.05) is 24.3 Å². The third-order valence-electron chi connectivity index (χ3n) is 10.5. The first kappa shape index (κ1) is 33.8. The van der Waals surface area contributed by atoms with Gasteiger partial charge in [-0.05, 0) is 91.6 Å². The molecule has 0 bridgehead atoms. The van der Waals surface area contributed by atoms with Crippen molar-refractivity contribution in [3.05, 3.63) is 88.6 Å². The number of aliphatic hydroxyl groups excluding tert-OH is 1. The SMILES string of the molecule is CNCCOc1cc(C2Oc3c(ccc4c3C3(CCC(CC5=CNC(N)C=C5)C3)Cc3cc(O)cc(OCO)c3-4)C2COC(C)=O)ccc1O. The molecule has 2 aliphatic carbocycles. The van der Waals surface area contributed by atoms with Crippen LogP contribution in [0.5, 0.6) is 28.7 Å². The number of esters is 1. The molecule has 2 heterocycles. The number of phenols is 2. The summed E-state index contributed by atoms with van der Waals surface area (Å²) in [5.41, 5.74) is 12.4. The number of dihydropyridines is 1. The number of hydrogen-bond acceptors (Lipinski definition) is 11. The van der Waals surface area contributed by atoms with E-state index in [1.807, 2.05) is 37.5 Å². The molecule has 1 saturated carbocycles. The van der Waals surface area contributed by atoms with Gasteiger partial charge in [0.2, 0.25) is 0 Å². The van der Waals surface area contributed by atoms with Gasteiger partial charge in [0, 0.05) is 47.8 Å².